The van der Waals surface area contributed by atoms with Crippen LogP contribution in [0.1, 0.15) is 19.4 Å². The minimum absolute atomic E-state index is 0.0952. The van der Waals surface area contributed by atoms with Crippen LogP contribution in [0.15, 0.2) is 48.8 Å². The number of aliphatic hydroxyl groups is 1. The predicted octanol–water partition coefficient (Wildman–Crippen LogP) is 2.55. The van der Waals surface area contributed by atoms with Crippen LogP contribution >= 0.6 is 0 Å². The number of benzene rings is 1. The largest absolute Gasteiger partial charge is 0.441 e. The highest BCUT2D eigenvalue weighted by molar-refractivity contribution is 5.80. The van der Waals surface area contributed by atoms with E-state index >= 15 is 0 Å². The minimum Gasteiger partial charge on any atom is -0.441 e. The average molecular weight is 482 g/mol. The summed E-state index contributed by atoms with van der Waals surface area (Å²) in [5, 5.41) is 13.6. The average Bonchev–Trinajstić information content (AvgIpc) is 3.26. The monoisotopic (exact) mass is 481 g/mol. The van der Waals surface area contributed by atoms with Crippen molar-refractivity contribution in [3.05, 3.63) is 54.4 Å². The van der Waals surface area contributed by atoms with E-state index in [1.54, 1.807) is 4.90 Å². The van der Waals surface area contributed by atoms with Crippen molar-refractivity contribution < 1.29 is 19.4 Å². The van der Waals surface area contributed by atoms with Crippen LogP contribution in [0.3, 0.4) is 0 Å². The van der Waals surface area contributed by atoms with E-state index in [-0.39, 0.29) is 18.8 Å². The molecule has 35 heavy (non-hydrogen) atoms. The molecule has 3 aromatic rings. The Balaban J connectivity index is 0.000000672. The fourth-order valence-electron chi connectivity index (χ4n) is 4.05. The summed E-state index contributed by atoms with van der Waals surface area (Å²) in [7, 11) is 0. The summed E-state index contributed by atoms with van der Waals surface area (Å²) >= 11 is 0. The molecule has 0 atom stereocenters. The fourth-order valence-corrected chi connectivity index (χ4v) is 4.05. The summed E-state index contributed by atoms with van der Waals surface area (Å²) < 4.78 is 12.4. The lowest BCUT2D eigenvalue weighted by molar-refractivity contribution is -0.104. The van der Waals surface area contributed by atoms with E-state index < -0.39 is 0 Å². The van der Waals surface area contributed by atoms with Gasteiger partial charge in [-0.25, -0.2) is 9.31 Å². The van der Waals surface area contributed by atoms with Gasteiger partial charge in [0, 0.05) is 50.7 Å². The molecule has 0 bridgehead atoms. The summed E-state index contributed by atoms with van der Waals surface area (Å²) in [6.07, 6.45) is 4.17. The van der Waals surface area contributed by atoms with Crippen LogP contribution in [0.2, 0.25) is 0 Å². The Morgan fingerprint density at radius 3 is 2.43 bits per heavy atom. The van der Waals surface area contributed by atoms with Gasteiger partial charge in [-0.2, -0.15) is 5.10 Å². The number of carbonyl (C=O) groups is 1. The van der Waals surface area contributed by atoms with Gasteiger partial charge in [0.1, 0.15) is 0 Å². The van der Waals surface area contributed by atoms with Crippen LogP contribution in [0, 0.1) is 0 Å². The maximum absolute atomic E-state index is 12.3. The molecule has 2 aromatic heterocycles. The van der Waals surface area contributed by atoms with Crippen molar-refractivity contribution in [3.63, 3.8) is 0 Å². The highest BCUT2D eigenvalue weighted by Gasteiger charge is 2.28. The maximum atomic E-state index is 12.3. The zero-order valence-electron chi connectivity index (χ0n) is 20.5. The molecule has 0 saturated carbocycles. The smallest absolute Gasteiger partial charge is 0.410 e. The number of anilines is 1. The van der Waals surface area contributed by atoms with Crippen molar-refractivity contribution in [2.75, 3.05) is 50.9 Å². The first-order chi connectivity index (χ1) is 16.9. The fraction of sp³-hybridized carbons (Fsp3) is 0.462. The van der Waals surface area contributed by atoms with E-state index in [2.05, 4.69) is 40.3 Å². The van der Waals surface area contributed by atoms with Gasteiger partial charge in [0.15, 0.2) is 6.10 Å². The lowest BCUT2D eigenvalue weighted by Gasteiger charge is -2.37. The number of nitrogens with zero attached hydrogens (tertiary/aromatic N) is 4. The van der Waals surface area contributed by atoms with Gasteiger partial charge in [0.25, 0.3) is 0 Å². The van der Waals surface area contributed by atoms with E-state index in [1.165, 1.54) is 0 Å². The quantitative estimate of drug-likeness (QED) is 0.577. The van der Waals surface area contributed by atoms with Gasteiger partial charge in [0.2, 0.25) is 0 Å². The molecule has 9 nitrogen and oxygen atoms in total. The molecule has 5 rings (SSSR count). The summed E-state index contributed by atoms with van der Waals surface area (Å²) in [6, 6.07) is 12.8. The van der Waals surface area contributed by atoms with E-state index in [0.717, 1.165) is 41.0 Å². The zero-order chi connectivity index (χ0) is 24.8. The number of aliphatic hydroxyl groups excluding tert-OH is 1. The van der Waals surface area contributed by atoms with Crippen molar-refractivity contribution in [2.24, 2.45) is 5.73 Å². The van der Waals surface area contributed by atoms with Crippen LogP contribution in [0.4, 0.5) is 10.5 Å². The summed E-state index contributed by atoms with van der Waals surface area (Å²) in [6.45, 7) is 7.78. The van der Waals surface area contributed by atoms with Gasteiger partial charge in [-0.15, -0.1) is 0 Å². The van der Waals surface area contributed by atoms with Gasteiger partial charge in [-0.05, 0) is 35.7 Å². The van der Waals surface area contributed by atoms with Gasteiger partial charge in [-0.1, -0.05) is 38.1 Å². The van der Waals surface area contributed by atoms with Gasteiger partial charge < -0.3 is 30.1 Å². The number of ether oxygens (including phenoxy) is 2. The van der Waals surface area contributed by atoms with Crippen molar-refractivity contribution in [2.45, 2.75) is 32.4 Å². The number of hydrogen-bond donors (Lipinski definition) is 2. The zero-order valence-corrected chi connectivity index (χ0v) is 20.5. The molecular formula is C26H35N5O4. The number of carbonyl (C=O) groups excluding carboxylic acids is 1. The second-order valence-electron chi connectivity index (χ2n) is 9.21. The van der Waals surface area contributed by atoms with Gasteiger partial charge in [0.05, 0.1) is 24.4 Å². The van der Waals surface area contributed by atoms with Crippen molar-refractivity contribution in [1.29, 1.82) is 0 Å². The number of nitrogens with two attached hydrogens (primary N) is 1. The van der Waals surface area contributed by atoms with E-state index in [9.17, 15) is 4.79 Å². The molecule has 1 aromatic carbocycles. The Labute approximate surface area is 206 Å². The Morgan fingerprint density at radius 2 is 1.83 bits per heavy atom. The Morgan fingerprint density at radius 1 is 1.14 bits per heavy atom. The third-order valence-electron chi connectivity index (χ3n) is 5.93. The standard InChI is InChI=1S/C23H26N4O4.C3H9N/c28-12-6-17-1-3-18(4-2-17)19-13-22-21(5-7-24-27(22)14-19)25-8-10-26(11-9-25)23(29)31-20-15-30-16-20;1-3(2)4/h1-5,7,13-14,20,28H,6,8-12,15-16H2;3H,4H2,1-2H3. The highest BCUT2D eigenvalue weighted by Crippen LogP contribution is 2.29. The molecule has 188 valence electrons. The lowest BCUT2D eigenvalue weighted by Crippen LogP contribution is -2.51. The molecule has 2 aliphatic heterocycles. The SMILES string of the molecule is CC(C)N.O=C(OC1COC1)N1CCN(c2ccnn3cc(-c4ccc(CCO)cc4)cc23)CC1. The van der Waals surface area contributed by atoms with Crippen LogP contribution < -0.4 is 10.6 Å². The van der Waals surface area contributed by atoms with Crippen LogP contribution in [-0.4, -0.2) is 83.9 Å². The molecule has 2 fully saturated rings. The van der Waals surface area contributed by atoms with Crippen LogP contribution in [0.25, 0.3) is 16.6 Å². The molecule has 9 heteroatoms. The first-order valence-corrected chi connectivity index (χ1v) is 12.2. The Bertz CT molecular complexity index is 1100. The number of fused-ring (bicyclic) bond motifs is 1. The summed E-state index contributed by atoms with van der Waals surface area (Å²) in [4.78, 5) is 16.3. The predicted molar refractivity (Wildman–Crippen MR) is 136 cm³/mol. The molecule has 4 heterocycles. The number of hydrogen-bond acceptors (Lipinski definition) is 7. The maximum Gasteiger partial charge on any atom is 0.410 e. The molecule has 0 radical (unpaired) electrons. The van der Waals surface area contributed by atoms with E-state index in [0.29, 0.717) is 38.8 Å². The molecule has 2 aliphatic rings. The van der Waals surface area contributed by atoms with E-state index in [1.807, 2.05) is 36.8 Å². The van der Waals surface area contributed by atoms with Crippen molar-refractivity contribution >= 4 is 17.3 Å². The first kappa shape index (κ1) is 25.0. The number of aromatic nitrogens is 2. The molecular weight excluding hydrogens is 446 g/mol. The first-order valence-electron chi connectivity index (χ1n) is 12.2. The molecule has 3 N–H and O–H groups in total. The van der Waals surface area contributed by atoms with Crippen LogP contribution in [0.5, 0.6) is 0 Å². The van der Waals surface area contributed by atoms with Crippen LogP contribution in [-0.2, 0) is 15.9 Å². The minimum atomic E-state index is -0.248. The number of piperazine rings is 1. The summed E-state index contributed by atoms with van der Waals surface area (Å²) in [5.41, 5.74) is 10.6. The Hall–Kier alpha value is -3.14. The third kappa shape index (κ3) is 6.30. The van der Waals surface area contributed by atoms with Crippen molar-refractivity contribution in [3.8, 4) is 11.1 Å². The Kier molecular flexibility index (Phi) is 8.22. The molecule has 0 aliphatic carbocycles. The molecule has 1 amide bonds. The highest BCUT2D eigenvalue weighted by atomic mass is 16.6. The van der Waals surface area contributed by atoms with E-state index in [4.69, 9.17) is 20.3 Å². The molecule has 0 unspecified atom stereocenters. The topological polar surface area (TPSA) is 106 Å². The second-order valence-corrected chi connectivity index (χ2v) is 9.21. The third-order valence-corrected chi connectivity index (χ3v) is 5.93. The summed E-state index contributed by atoms with van der Waals surface area (Å²) in [5.74, 6) is 0. The second kappa shape index (κ2) is 11.5. The number of rotatable bonds is 5. The van der Waals surface area contributed by atoms with Crippen molar-refractivity contribution in [1.82, 2.24) is 14.5 Å². The molecule has 0 spiro atoms. The van der Waals surface area contributed by atoms with Gasteiger partial charge in [-0.3, -0.25) is 0 Å². The number of amides is 1. The normalized spacial score (nSPS) is 16.1. The lowest BCUT2D eigenvalue weighted by atomic mass is 10.1. The molecule has 2 saturated heterocycles. The van der Waals surface area contributed by atoms with Gasteiger partial charge >= 0.3 is 6.09 Å².